The lowest BCUT2D eigenvalue weighted by atomic mass is 10.1. The average Bonchev–Trinajstić information content (AvgIpc) is 2.55. The van der Waals surface area contributed by atoms with Gasteiger partial charge in [0.1, 0.15) is 5.00 Å². The van der Waals surface area contributed by atoms with Crippen LogP contribution in [0.25, 0.3) is 11.8 Å². The van der Waals surface area contributed by atoms with Gasteiger partial charge in [0, 0.05) is 22.7 Å². The molecule has 2 heterocycles. The number of thiophene rings is 1. The molecular weight excluding hydrogens is 220 g/mol. The van der Waals surface area contributed by atoms with Crippen molar-refractivity contribution in [2.75, 3.05) is 11.9 Å². The van der Waals surface area contributed by atoms with E-state index in [4.69, 9.17) is 0 Å². The molecule has 0 saturated heterocycles. The van der Waals surface area contributed by atoms with Crippen LogP contribution >= 0.6 is 11.3 Å². The van der Waals surface area contributed by atoms with Crippen LogP contribution in [0, 0.1) is 6.92 Å². The number of nitrogens with zero attached hydrogens (tertiary/aromatic N) is 1. The van der Waals surface area contributed by atoms with E-state index in [0.717, 1.165) is 26.7 Å². The third-order valence-electron chi connectivity index (χ3n) is 2.77. The van der Waals surface area contributed by atoms with E-state index in [0.29, 0.717) is 6.54 Å². The van der Waals surface area contributed by atoms with Gasteiger partial charge in [-0.25, -0.2) is 4.79 Å². The summed E-state index contributed by atoms with van der Waals surface area (Å²) in [5, 5.41) is 3.77. The van der Waals surface area contributed by atoms with Gasteiger partial charge >= 0.3 is 6.03 Å². The topological polar surface area (TPSA) is 32.3 Å². The number of carbonyl (C=O) groups is 1. The zero-order valence-electron chi connectivity index (χ0n) is 9.46. The Balaban J connectivity index is 2.58. The Hall–Kier alpha value is -1.55. The quantitative estimate of drug-likeness (QED) is 0.834. The van der Waals surface area contributed by atoms with Crippen molar-refractivity contribution in [3.05, 3.63) is 29.2 Å². The summed E-state index contributed by atoms with van der Waals surface area (Å²) in [6.07, 6.45) is 1.81. The van der Waals surface area contributed by atoms with Crippen LogP contribution in [0.2, 0.25) is 0 Å². The number of amides is 2. The first-order valence-corrected chi connectivity index (χ1v) is 5.95. The highest BCUT2D eigenvalue weighted by Crippen LogP contribution is 2.41. The number of anilines is 1. The molecule has 0 radical (unpaired) electrons. The van der Waals surface area contributed by atoms with Crippen LogP contribution in [0.15, 0.2) is 13.2 Å². The van der Waals surface area contributed by atoms with E-state index in [-0.39, 0.29) is 6.03 Å². The number of urea groups is 1. The second-order valence-corrected chi connectivity index (χ2v) is 4.67. The zero-order chi connectivity index (χ0) is 11.9. The second-order valence-electron chi connectivity index (χ2n) is 3.62. The summed E-state index contributed by atoms with van der Waals surface area (Å²) in [4.78, 5) is 14.5. The second kappa shape index (κ2) is 3.79. The van der Waals surface area contributed by atoms with Crippen molar-refractivity contribution in [3.63, 3.8) is 0 Å². The third-order valence-corrected chi connectivity index (χ3v) is 3.97. The normalized spacial score (nSPS) is 14.8. The zero-order valence-corrected chi connectivity index (χ0v) is 10.3. The Morgan fingerprint density at radius 2 is 2.25 bits per heavy atom. The van der Waals surface area contributed by atoms with Crippen LogP contribution in [0.1, 0.15) is 22.9 Å². The molecule has 0 aliphatic carbocycles. The standard InChI is InChI=1S/C12H14N2OS/c1-5-9-7(3)10-8(4)14(6-2)12(15)13-11(10)16-9/h5H,1,4,6H2,2-3H3,(H,13,15). The monoisotopic (exact) mass is 234 g/mol. The molecular formula is C12H14N2OS. The fourth-order valence-corrected chi connectivity index (χ4v) is 2.99. The summed E-state index contributed by atoms with van der Waals surface area (Å²) in [7, 11) is 0. The number of hydrogen-bond acceptors (Lipinski definition) is 2. The van der Waals surface area contributed by atoms with Gasteiger partial charge in [-0.2, -0.15) is 0 Å². The van der Waals surface area contributed by atoms with Gasteiger partial charge in [0.05, 0.1) is 0 Å². The minimum absolute atomic E-state index is 0.100. The molecule has 0 fully saturated rings. The maximum absolute atomic E-state index is 11.7. The Kier molecular flexibility index (Phi) is 2.59. The summed E-state index contributed by atoms with van der Waals surface area (Å²) in [6.45, 7) is 12.4. The lowest BCUT2D eigenvalue weighted by molar-refractivity contribution is 0.232. The van der Waals surface area contributed by atoms with Gasteiger partial charge in [-0.15, -0.1) is 11.3 Å². The molecule has 3 nitrogen and oxygen atoms in total. The van der Waals surface area contributed by atoms with E-state index in [1.807, 2.05) is 19.9 Å². The summed E-state index contributed by atoms with van der Waals surface area (Å²) >= 11 is 1.54. The molecule has 2 amide bonds. The van der Waals surface area contributed by atoms with Gasteiger partial charge in [-0.3, -0.25) is 10.2 Å². The van der Waals surface area contributed by atoms with E-state index in [1.54, 1.807) is 16.2 Å². The average molecular weight is 234 g/mol. The summed E-state index contributed by atoms with van der Waals surface area (Å²) in [5.74, 6) is 0. The van der Waals surface area contributed by atoms with Crippen molar-refractivity contribution in [3.8, 4) is 0 Å². The van der Waals surface area contributed by atoms with E-state index < -0.39 is 0 Å². The van der Waals surface area contributed by atoms with Crippen molar-refractivity contribution < 1.29 is 4.79 Å². The first-order valence-electron chi connectivity index (χ1n) is 5.13. The molecule has 2 rings (SSSR count). The number of nitrogens with one attached hydrogen (secondary N) is 1. The fourth-order valence-electron chi connectivity index (χ4n) is 1.92. The molecule has 1 aromatic heterocycles. The molecule has 84 valence electrons. The Morgan fingerprint density at radius 3 is 2.81 bits per heavy atom. The molecule has 0 aromatic carbocycles. The SMILES string of the molecule is C=Cc1sc2c(c1C)C(=C)N(CC)C(=O)N2. The Labute approximate surface area is 99.1 Å². The molecule has 16 heavy (non-hydrogen) atoms. The Morgan fingerprint density at radius 1 is 1.56 bits per heavy atom. The molecule has 0 atom stereocenters. The first kappa shape index (κ1) is 11.0. The van der Waals surface area contributed by atoms with Gasteiger partial charge in [0.2, 0.25) is 0 Å². The number of rotatable bonds is 2. The highest BCUT2D eigenvalue weighted by atomic mass is 32.1. The lowest BCUT2D eigenvalue weighted by Gasteiger charge is -2.28. The maximum Gasteiger partial charge on any atom is 0.326 e. The van der Waals surface area contributed by atoms with E-state index in [2.05, 4.69) is 18.5 Å². The lowest BCUT2D eigenvalue weighted by Crippen LogP contribution is -2.36. The van der Waals surface area contributed by atoms with Crippen LogP contribution in [0.3, 0.4) is 0 Å². The molecule has 1 aliphatic heterocycles. The summed E-state index contributed by atoms with van der Waals surface area (Å²) in [6, 6.07) is -0.100. The van der Waals surface area contributed by atoms with Crippen molar-refractivity contribution in [1.82, 2.24) is 4.90 Å². The molecule has 0 unspecified atom stereocenters. The van der Waals surface area contributed by atoms with Crippen molar-refractivity contribution in [1.29, 1.82) is 0 Å². The molecule has 0 spiro atoms. The predicted molar refractivity (Wildman–Crippen MR) is 69.6 cm³/mol. The maximum atomic E-state index is 11.7. The van der Waals surface area contributed by atoms with Crippen LogP contribution in [-0.2, 0) is 0 Å². The highest BCUT2D eigenvalue weighted by molar-refractivity contribution is 7.17. The Bertz CT molecular complexity index is 487. The van der Waals surface area contributed by atoms with Gasteiger partial charge in [0.25, 0.3) is 0 Å². The van der Waals surface area contributed by atoms with Gasteiger partial charge in [0.15, 0.2) is 0 Å². The van der Waals surface area contributed by atoms with Gasteiger partial charge in [-0.1, -0.05) is 19.2 Å². The van der Waals surface area contributed by atoms with E-state index >= 15 is 0 Å². The molecule has 4 heteroatoms. The molecule has 1 aromatic rings. The van der Waals surface area contributed by atoms with Crippen molar-refractivity contribution >= 4 is 34.1 Å². The molecule has 1 aliphatic rings. The van der Waals surface area contributed by atoms with Crippen LogP contribution in [0.5, 0.6) is 0 Å². The largest absolute Gasteiger partial charge is 0.326 e. The molecule has 0 saturated carbocycles. The minimum atomic E-state index is -0.100. The smallest absolute Gasteiger partial charge is 0.298 e. The van der Waals surface area contributed by atoms with Crippen LogP contribution in [-0.4, -0.2) is 17.5 Å². The third kappa shape index (κ3) is 1.38. The first-order chi connectivity index (χ1) is 7.60. The number of carbonyl (C=O) groups excluding carboxylic acids is 1. The molecule has 0 bridgehead atoms. The summed E-state index contributed by atoms with van der Waals surface area (Å²) < 4.78 is 0. The van der Waals surface area contributed by atoms with Crippen molar-refractivity contribution in [2.45, 2.75) is 13.8 Å². The highest BCUT2D eigenvalue weighted by Gasteiger charge is 2.28. The molecule has 1 N–H and O–H groups in total. The van der Waals surface area contributed by atoms with E-state index in [9.17, 15) is 4.79 Å². The number of fused-ring (bicyclic) bond motifs is 1. The van der Waals surface area contributed by atoms with E-state index in [1.165, 1.54) is 0 Å². The predicted octanol–water partition coefficient (Wildman–Crippen LogP) is 3.54. The number of hydrogen-bond donors (Lipinski definition) is 1. The minimum Gasteiger partial charge on any atom is -0.298 e. The van der Waals surface area contributed by atoms with Crippen molar-refractivity contribution in [2.24, 2.45) is 0 Å². The van der Waals surface area contributed by atoms with Gasteiger partial charge in [-0.05, 0) is 19.4 Å². The van der Waals surface area contributed by atoms with Crippen LogP contribution in [0.4, 0.5) is 9.80 Å². The van der Waals surface area contributed by atoms with Gasteiger partial charge < -0.3 is 0 Å². The summed E-state index contributed by atoms with van der Waals surface area (Å²) in [5.41, 5.74) is 2.96. The van der Waals surface area contributed by atoms with Crippen LogP contribution < -0.4 is 5.32 Å². The fraction of sp³-hybridized carbons (Fsp3) is 0.250.